The maximum atomic E-state index is 12.7. The van der Waals surface area contributed by atoms with E-state index in [1.165, 1.54) is 12.1 Å². The number of aryl methyl sites for hydroxylation is 1. The van der Waals surface area contributed by atoms with Crippen molar-refractivity contribution in [3.63, 3.8) is 0 Å². The fourth-order valence-electron chi connectivity index (χ4n) is 2.30. The van der Waals surface area contributed by atoms with Crippen LogP contribution in [0.5, 0.6) is 0 Å². The molecule has 0 N–H and O–H groups in total. The number of benzene rings is 3. The first-order valence-electron chi connectivity index (χ1n) is 8.20. The van der Waals surface area contributed by atoms with Crippen molar-refractivity contribution in [2.75, 3.05) is 0 Å². The number of hydrogen-bond donors (Lipinski definition) is 0. The smallest absolute Gasteiger partial charge is 0.344 e. The van der Waals surface area contributed by atoms with Crippen LogP contribution in [0, 0.1) is 6.92 Å². The molecule has 0 unspecified atom stereocenters. The summed E-state index contributed by atoms with van der Waals surface area (Å²) in [5, 5.41) is 0. The van der Waals surface area contributed by atoms with E-state index < -0.39 is 16.0 Å². The van der Waals surface area contributed by atoms with Gasteiger partial charge in [0.1, 0.15) is 0 Å². The number of rotatable bonds is 4. The summed E-state index contributed by atoms with van der Waals surface area (Å²) in [6.07, 6.45) is 0. The van der Waals surface area contributed by atoms with E-state index in [1.54, 1.807) is 72.8 Å². The minimum Gasteiger partial charge on any atom is -0.402 e. The van der Waals surface area contributed by atoms with Crippen molar-refractivity contribution in [1.29, 1.82) is 0 Å². The maximum Gasteiger partial charge on any atom is 0.344 e. The highest BCUT2D eigenvalue weighted by Crippen LogP contribution is 2.16. The van der Waals surface area contributed by atoms with Gasteiger partial charge in [0.05, 0.1) is 10.5 Å². The number of carbonyl (C=O) groups excluding carboxylic acids is 1. The first kappa shape index (κ1) is 18.5. The van der Waals surface area contributed by atoms with Crippen molar-refractivity contribution in [2.45, 2.75) is 11.8 Å². The van der Waals surface area contributed by atoms with Gasteiger partial charge in [0.2, 0.25) is 5.90 Å². The summed E-state index contributed by atoms with van der Waals surface area (Å²) >= 11 is 0. The Bertz CT molecular complexity index is 1060. The normalized spacial score (nSPS) is 11.8. The monoisotopic (exact) mass is 379 g/mol. The standard InChI is InChI=1S/C21H17NO4S/c1-16-12-14-19(15-13-16)27(24,25)22-20(17-8-4-2-5-9-17)26-21(23)18-10-6-3-7-11-18/h2-15H,1H3/b22-20+. The number of nitrogens with zero attached hydrogens (tertiary/aromatic N) is 1. The molecular weight excluding hydrogens is 362 g/mol. The third-order valence-corrected chi connectivity index (χ3v) is 5.02. The van der Waals surface area contributed by atoms with Crippen LogP contribution in [0.3, 0.4) is 0 Å². The number of carbonyl (C=O) groups is 1. The molecule has 0 aliphatic heterocycles. The summed E-state index contributed by atoms with van der Waals surface area (Å²) in [6, 6.07) is 23.1. The Labute approximate surface area is 158 Å². The largest absolute Gasteiger partial charge is 0.402 e. The zero-order valence-electron chi connectivity index (χ0n) is 14.6. The fraction of sp³-hybridized carbons (Fsp3) is 0.0476. The highest BCUT2D eigenvalue weighted by Gasteiger charge is 2.19. The zero-order chi connectivity index (χ0) is 19.3. The highest BCUT2D eigenvalue weighted by atomic mass is 32.2. The van der Waals surface area contributed by atoms with Gasteiger partial charge in [-0.15, -0.1) is 4.40 Å². The van der Waals surface area contributed by atoms with Crippen LogP contribution in [0.2, 0.25) is 0 Å². The quantitative estimate of drug-likeness (QED) is 0.390. The molecule has 0 spiro atoms. The molecule has 0 radical (unpaired) electrons. The molecule has 0 saturated carbocycles. The third kappa shape index (κ3) is 4.68. The molecule has 136 valence electrons. The van der Waals surface area contributed by atoms with Crippen LogP contribution >= 0.6 is 0 Å². The van der Waals surface area contributed by atoms with Crippen LogP contribution in [-0.4, -0.2) is 20.3 Å². The summed E-state index contributed by atoms with van der Waals surface area (Å²) in [7, 11) is -4.04. The van der Waals surface area contributed by atoms with Crippen LogP contribution in [-0.2, 0) is 14.8 Å². The van der Waals surface area contributed by atoms with Gasteiger partial charge >= 0.3 is 5.97 Å². The second-order valence-corrected chi connectivity index (χ2v) is 7.41. The second-order valence-electron chi connectivity index (χ2n) is 5.81. The van der Waals surface area contributed by atoms with Gasteiger partial charge < -0.3 is 4.74 Å². The predicted octanol–water partition coefficient (Wildman–Crippen LogP) is 3.99. The SMILES string of the molecule is Cc1ccc(S(=O)(=O)/N=C(/OC(=O)c2ccccc2)c2ccccc2)cc1. The first-order valence-corrected chi connectivity index (χ1v) is 9.64. The zero-order valence-corrected chi connectivity index (χ0v) is 15.4. The Kier molecular flexibility index (Phi) is 5.47. The van der Waals surface area contributed by atoms with E-state index in [2.05, 4.69) is 4.40 Å². The minimum absolute atomic E-state index is 0.0253. The van der Waals surface area contributed by atoms with E-state index >= 15 is 0 Å². The summed E-state index contributed by atoms with van der Waals surface area (Å²) < 4.78 is 34.5. The van der Waals surface area contributed by atoms with Gasteiger partial charge in [-0.2, -0.15) is 8.42 Å². The van der Waals surface area contributed by atoms with Crippen LogP contribution in [0.15, 0.2) is 94.2 Å². The van der Waals surface area contributed by atoms with E-state index in [1.807, 2.05) is 6.92 Å². The van der Waals surface area contributed by atoms with Gasteiger partial charge in [-0.25, -0.2) is 4.79 Å². The van der Waals surface area contributed by atoms with E-state index in [9.17, 15) is 13.2 Å². The topological polar surface area (TPSA) is 72.8 Å². The molecule has 0 aliphatic carbocycles. The molecular formula is C21H17NO4S. The molecule has 0 atom stereocenters. The number of esters is 1. The molecule has 0 fully saturated rings. The lowest BCUT2D eigenvalue weighted by atomic mass is 10.2. The minimum atomic E-state index is -4.04. The van der Waals surface area contributed by atoms with Crippen LogP contribution in [0.25, 0.3) is 0 Å². The van der Waals surface area contributed by atoms with E-state index in [0.29, 0.717) is 11.1 Å². The predicted molar refractivity (Wildman–Crippen MR) is 103 cm³/mol. The molecule has 5 nitrogen and oxygen atoms in total. The average molecular weight is 379 g/mol. The van der Waals surface area contributed by atoms with Crippen molar-refractivity contribution in [1.82, 2.24) is 0 Å². The van der Waals surface area contributed by atoms with Gasteiger partial charge in [-0.05, 0) is 43.3 Å². The maximum absolute atomic E-state index is 12.7. The molecule has 3 aromatic rings. The summed E-state index contributed by atoms with van der Waals surface area (Å²) in [5.41, 5.74) is 1.61. The Morgan fingerprint density at radius 3 is 1.85 bits per heavy atom. The Morgan fingerprint density at radius 1 is 0.778 bits per heavy atom. The molecule has 0 bridgehead atoms. The van der Waals surface area contributed by atoms with Gasteiger partial charge in [0, 0.05) is 5.56 Å². The van der Waals surface area contributed by atoms with Crippen molar-refractivity contribution < 1.29 is 17.9 Å². The molecule has 27 heavy (non-hydrogen) atoms. The molecule has 0 aliphatic rings. The van der Waals surface area contributed by atoms with Crippen molar-refractivity contribution in [3.8, 4) is 0 Å². The molecule has 0 amide bonds. The molecule has 0 aromatic heterocycles. The Morgan fingerprint density at radius 2 is 1.30 bits per heavy atom. The summed E-state index contributed by atoms with van der Waals surface area (Å²) in [6.45, 7) is 1.86. The van der Waals surface area contributed by atoms with Crippen LogP contribution < -0.4 is 0 Å². The third-order valence-electron chi connectivity index (χ3n) is 3.74. The number of sulfonamides is 1. The molecule has 0 saturated heterocycles. The van der Waals surface area contributed by atoms with Crippen LogP contribution in [0.4, 0.5) is 0 Å². The summed E-state index contributed by atoms with van der Waals surface area (Å²) in [5.74, 6) is -0.956. The van der Waals surface area contributed by atoms with Crippen molar-refractivity contribution in [2.24, 2.45) is 4.40 Å². The van der Waals surface area contributed by atoms with Crippen LogP contribution in [0.1, 0.15) is 21.5 Å². The van der Waals surface area contributed by atoms with Gasteiger partial charge in [-0.1, -0.05) is 54.1 Å². The summed E-state index contributed by atoms with van der Waals surface area (Å²) in [4.78, 5) is 12.4. The van der Waals surface area contributed by atoms with Gasteiger partial charge in [0.25, 0.3) is 10.0 Å². The average Bonchev–Trinajstić information content (AvgIpc) is 2.69. The number of ether oxygens (including phenoxy) is 1. The second kappa shape index (κ2) is 7.97. The lowest BCUT2D eigenvalue weighted by molar-refractivity contribution is 0.0718. The molecule has 6 heteroatoms. The van der Waals surface area contributed by atoms with E-state index in [-0.39, 0.29) is 10.8 Å². The highest BCUT2D eigenvalue weighted by molar-refractivity contribution is 7.90. The van der Waals surface area contributed by atoms with E-state index in [4.69, 9.17) is 4.74 Å². The first-order chi connectivity index (χ1) is 13.0. The Hall–Kier alpha value is -3.25. The van der Waals surface area contributed by atoms with Gasteiger partial charge in [0.15, 0.2) is 0 Å². The molecule has 3 rings (SSSR count). The lowest BCUT2D eigenvalue weighted by Crippen LogP contribution is -2.16. The fourth-order valence-corrected chi connectivity index (χ4v) is 3.25. The number of hydrogen-bond acceptors (Lipinski definition) is 4. The Balaban J connectivity index is 2.01. The van der Waals surface area contributed by atoms with Crippen molar-refractivity contribution >= 4 is 21.9 Å². The molecule has 0 heterocycles. The molecule has 3 aromatic carbocycles. The van der Waals surface area contributed by atoms with Crippen molar-refractivity contribution in [3.05, 3.63) is 102 Å². The van der Waals surface area contributed by atoms with E-state index in [0.717, 1.165) is 5.56 Å². The van der Waals surface area contributed by atoms with Gasteiger partial charge in [-0.3, -0.25) is 0 Å². The lowest BCUT2D eigenvalue weighted by Gasteiger charge is -2.08.